The number of hydrogen-bond acceptors (Lipinski definition) is 7. The number of pyridine rings is 1. The molecule has 0 radical (unpaired) electrons. The Morgan fingerprint density at radius 1 is 1.14 bits per heavy atom. The van der Waals surface area contributed by atoms with Crippen molar-refractivity contribution in [1.82, 2.24) is 15.2 Å². The lowest BCUT2D eigenvalue weighted by Gasteiger charge is -2.20. The van der Waals surface area contributed by atoms with Gasteiger partial charge in [0, 0.05) is 25.1 Å². The monoisotopic (exact) mass is 541 g/mol. The number of alkyl carbamates (subject to hydrolysis) is 1. The Morgan fingerprint density at radius 2 is 1.89 bits per heavy atom. The lowest BCUT2D eigenvalue weighted by Crippen LogP contribution is -2.32. The van der Waals surface area contributed by atoms with Crippen molar-refractivity contribution >= 4 is 52.3 Å². The summed E-state index contributed by atoms with van der Waals surface area (Å²) in [6, 6.07) is 13.2. The number of aliphatic carboxylic acids is 1. The Labute approximate surface area is 226 Å². The van der Waals surface area contributed by atoms with Gasteiger partial charge in [0.25, 0.3) is 5.91 Å². The number of carbonyl (C=O) groups excluding carboxylic acids is 2. The summed E-state index contributed by atoms with van der Waals surface area (Å²) in [5, 5.41) is 11.5. The van der Waals surface area contributed by atoms with Crippen LogP contribution in [0.15, 0.2) is 47.4 Å². The molecule has 37 heavy (non-hydrogen) atoms. The number of thioether (sulfide) groups is 1. The second-order valence-electron chi connectivity index (χ2n) is 9.50. The Bertz CT molecular complexity index is 1210. The first kappa shape index (κ1) is 28.3. The van der Waals surface area contributed by atoms with Crippen LogP contribution in [0.1, 0.15) is 57.7 Å². The highest BCUT2D eigenvalue weighted by molar-refractivity contribution is 8.26. The van der Waals surface area contributed by atoms with Crippen molar-refractivity contribution in [2.24, 2.45) is 0 Å². The topological polar surface area (TPSA) is 109 Å². The fourth-order valence-corrected chi connectivity index (χ4v) is 4.93. The summed E-state index contributed by atoms with van der Waals surface area (Å²) < 4.78 is 5.82. The minimum atomic E-state index is -0.815. The van der Waals surface area contributed by atoms with Crippen molar-refractivity contribution in [2.75, 3.05) is 6.54 Å². The molecule has 0 spiro atoms. The van der Waals surface area contributed by atoms with Gasteiger partial charge < -0.3 is 15.2 Å². The molecule has 1 aliphatic rings. The normalized spacial score (nSPS) is 14.8. The van der Waals surface area contributed by atoms with E-state index in [0.29, 0.717) is 46.4 Å². The molecular weight excluding hydrogens is 510 g/mol. The van der Waals surface area contributed by atoms with Crippen molar-refractivity contribution in [3.63, 3.8) is 0 Å². The molecule has 1 fully saturated rings. The van der Waals surface area contributed by atoms with Crippen LogP contribution in [0.3, 0.4) is 0 Å². The van der Waals surface area contributed by atoms with E-state index < -0.39 is 17.7 Å². The second kappa shape index (κ2) is 12.8. The number of carboxylic acid groups (broad SMARTS) is 1. The van der Waals surface area contributed by atoms with E-state index in [1.165, 1.54) is 11.8 Å². The van der Waals surface area contributed by atoms with Crippen molar-refractivity contribution < 1.29 is 24.2 Å². The van der Waals surface area contributed by atoms with Gasteiger partial charge in [0.05, 0.1) is 16.3 Å². The van der Waals surface area contributed by atoms with Gasteiger partial charge in [-0.3, -0.25) is 14.5 Å². The molecule has 196 valence electrons. The zero-order valence-electron chi connectivity index (χ0n) is 21.2. The molecule has 3 rings (SSSR count). The van der Waals surface area contributed by atoms with Crippen molar-refractivity contribution in [1.29, 1.82) is 0 Å². The fourth-order valence-electron chi connectivity index (χ4n) is 3.64. The molecule has 1 saturated heterocycles. The summed E-state index contributed by atoms with van der Waals surface area (Å²) in [4.78, 5) is 42.5. The van der Waals surface area contributed by atoms with E-state index in [0.717, 1.165) is 11.1 Å². The molecule has 0 saturated carbocycles. The first-order chi connectivity index (χ1) is 17.5. The van der Waals surface area contributed by atoms with Crippen molar-refractivity contribution in [2.45, 2.75) is 58.6 Å². The van der Waals surface area contributed by atoms with E-state index in [1.54, 1.807) is 11.0 Å². The van der Waals surface area contributed by atoms with Crippen LogP contribution in [0.4, 0.5) is 4.79 Å². The zero-order valence-corrected chi connectivity index (χ0v) is 22.8. The SMILES string of the molecule is CC(C)(C)OC(=O)NCc1ccccc1-c1cccc(/C=C2\SC(=S)N(CCCCCC(=O)O)C2=O)n1. The third-order valence-corrected chi connectivity index (χ3v) is 6.69. The molecule has 2 heterocycles. The van der Waals surface area contributed by atoms with Crippen LogP contribution in [-0.2, 0) is 20.9 Å². The number of rotatable bonds is 10. The van der Waals surface area contributed by atoms with E-state index >= 15 is 0 Å². The molecule has 1 aromatic heterocycles. The minimum absolute atomic E-state index is 0.125. The first-order valence-corrected chi connectivity index (χ1v) is 13.3. The van der Waals surface area contributed by atoms with Crippen LogP contribution in [-0.4, -0.2) is 49.4 Å². The number of carboxylic acids is 1. The van der Waals surface area contributed by atoms with Gasteiger partial charge in [-0.2, -0.15) is 0 Å². The van der Waals surface area contributed by atoms with Crippen LogP contribution in [0, 0.1) is 0 Å². The van der Waals surface area contributed by atoms with E-state index in [9.17, 15) is 14.4 Å². The predicted octanol–water partition coefficient (Wildman–Crippen LogP) is 5.62. The average Bonchev–Trinajstić information content (AvgIpc) is 3.09. The van der Waals surface area contributed by atoms with Crippen LogP contribution in [0.5, 0.6) is 0 Å². The molecule has 0 atom stereocenters. The molecule has 1 aromatic carbocycles. The van der Waals surface area contributed by atoms with Crippen LogP contribution < -0.4 is 5.32 Å². The van der Waals surface area contributed by atoms with Gasteiger partial charge in [-0.15, -0.1) is 0 Å². The lowest BCUT2D eigenvalue weighted by molar-refractivity contribution is -0.137. The summed E-state index contributed by atoms with van der Waals surface area (Å²) in [5.41, 5.74) is 2.49. The maximum atomic E-state index is 12.9. The molecule has 2 amide bonds. The number of unbranched alkanes of at least 4 members (excludes halogenated alkanes) is 2. The highest BCUT2D eigenvalue weighted by Crippen LogP contribution is 2.33. The van der Waals surface area contributed by atoms with Crippen LogP contribution in [0.2, 0.25) is 0 Å². The third kappa shape index (κ3) is 8.68. The van der Waals surface area contributed by atoms with Gasteiger partial charge in [-0.25, -0.2) is 9.78 Å². The highest BCUT2D eigenvalue weighted by Gasteiger charge is 2.31. The van der Waals surface area contributed by atoms with Gasteiger partial charge in [0.15, 0.2) is 0 Å². The van der Waals surface area contributed by atoms with E-state index in [4.69, 9.17) is 27.0 Å². The molecule has 10 heteroatoms. The van der Waals surface area contributed by atoms with E-state index in [1.807, 2.05) is 63.2 Å². The van der Waals surface area contributed by atoms with Crippen LogP contribution >= 0.6 is 24.0 Å². The molecule has 0 bridgehead atoms. The molecule has 0 unspecified atom stereocenters. The molecule has 8 nitrogen and oxygen atoms in total. The molecular formula is C27H31N3O5S2. The number of carbonyl (C=O) groups is 3. The smallest absolute Gasteiger partial charge is 0.407 e. The quantitative estimate of drug-likeness (QED) is 0.227. The van der Waals surface area contributed by atoms with E-state index in [2.05, 4.69) is 5.32 Å². The Morgan fingerprint density at radius 3 is 2.62 bits per heavy atom. The van der Waals surface area contributed by atoms with Gasteiger partial charge in [-0.1, -0.05) is 60.7 Å². The van der Waals surface area contributed by atoms with Gasteiger partial charge >= 0.3 is 12.1 Å². The second-order valence-corrected chi connectivity index (χ2v) is 11.2. The minimum Gasteiger partial charge on any atom is -0.481 e. The summed E-state index contributed by atoms with van der Waals surface area (Å²) in [6.45, 7) is 6.18. The summed E-state index contributed by atoms with van der Waals surface area (Å²) in [6.07, 6.45) is 3.34. The maximum absolute atomic E-state index is 12.9. The Balaban J connectivity index is 1.70. The molecule has 2 aromatic rings. The largest absolute Gasteiger partial charge is 0.481 e. The number of amides is 2. The molecule has 2 N–H and O–H groups in total. The maximum Gasteiger partial charge on any atom is 0.407 e. The number of ether oxygens (including phenoxy) is 1. The summed E-state index contributed by atoms with van der Waals surface area (Å²) in [7, 11) is 0. The highest BCUT2D eigenvalue weighted by atomic mass is 32.2. The fraction of sp³-hybridized carbons (Fsp3) is 0.370. The van der Waals surface area contributed by atoms with Crippen molar-refractivity contribution in [3.05, 3.63) is 58.6 Å². The van der Waals surface area contributed by atoms with Gasteiger partial charge in [0.1, 0.15) is 9.92 Å². The summed E-state index contributed by atoms with van der Waals surface area (Å²) in [5.74, 6) is -0.979. The average molecular weight is 542 g/mol. The number of hydrogen-bond donors (Lipinski definition) is 2. The van der Waals surface area contributed by atoms with Gasteiger partial charge in [-0.05, 0) is 57.4 Å². The van der Waals surface area contributed by atoms with Gasteiger partial charge in [0.2, 0.25) is 0 Å². The first-order valence-electron chi connectivity index (χ1n) is 12.0. The van der Waals surface area contributed by atoms with E-state index in [-0.39, 0.29) is 18.9 Å². The number of thiocarbonyl (C=S) groups is 1. The number of nitrogens with zero attached hydrogens (tertiary/aromatic N) is 2. The predicted molar refractivity (Wildman–Crippen MR) is 149 cm³/mol. The number of aromatic nitrogens is 1. The molecule has 1 aliphatic heterocycles. The van der Waals surface area contributed by atoms with Crippen LogP contribution in [0.25, 0.3) is 17.3 Å². The number of nitrogens with one attached hydrogen (secondary N) is 1. The lowest BCUT2D eigenvalue weighted by atomic mass is 10.0. The van der Waals surface area contributed by atoms with Crippen molar-refractivity contribution in [3.8, 4) is 11.3 Å². The number of benzene rings is 1. The molecule has 0 aliphatic carbocycles. The Hall–Kier alpha value is -3.24. The standard InChI is InChI=1S/C27H31N3O5S2/c1-27(2,3)35-25(34)28-17-18-10-6-7-12-20(18)21-13-9-11-19(29-21)16-22-24(33)30(26(36)37-22)15-8-4-5-14-23(31)32/h6-7,9-13,16H,4-5,8,14-15,17H2,1-3H3,(H,28,34)(H,31,32)/b22-16-. The zero-order chi connectivity index (χ0) is 27.0. The summed E-state index contributed by atoms with van der Waals surface area (Å²) >= 11 is 6.64. The Kier molecular flexibility index (Phi) is 9.82. The third-order valence-electron chi connectivity index (χ3n) is 5.31.